The van der Waals surface area contributed by atoms with Gasteiger partial charge in [0.1, 0.15) is 0 Å². The second-order valence-corrected chi connectivity index (χ2v) is 6.76. The Hall–Kier alpha value is -2.12. The quantitative estimate of drug-likeness (QED) is 0.737. The molecule has 1 amide bonds. The van der Waals surface area contributed by atoms with Crippen molar-refractivity contribution in [3.8, 4) is 23.0 Å². The number of fused-ring (bicyclic) bond motifs is 1. The van der Waals surface area contributed by atoms with E-state index in [4.69, 9.17) is 30.5 Å². The van der Waals surface area contributed by atoms with E-state index in [1.807, 2.05) is 12.1 Å². The lowest BCUT2D eigenvalue weighted by Crippen LogP contribution is -2.25. The summed E-state index contributed by atoms with van der Waals surface area (Å²) in [5.41, 5.74) is 1.41. The number of ether oxygens (including phenoxy) is 4. The van der Waals surface area contributed by atoms with E-state index in [2.05, 4.69) is 21.2 Å². The standard InChI is InChI=1S/C18H17BrClNO5/c1-23-14-6-10(12(19)8-15(14)24-2)3-4-21-18(22)11-5-13(20)17-16(7-11)25-9-26-17/h5-8H,3-4,9H2,1-2H3,(H,21,22). The summed E-state index contributed by atoms with van der Waals surface area (Å²) < 4.78 is 22.0. The van der Waals surface area contributed by atoms with Crippen LogP contribution in [0.3, 0.4) is 0 Å². The van der Waals surface area contributed by atoms with Crippen LogP contribution in [0.25, 0.3) is 0 Å². The first-order chi connectivity index (χ1) is 12.5. The summed E-state index contributed by atoms with van der Waals surface area (Å²) in [5.74, 6) is 1.99. The molecule has 2 aromatic rings. The molecule has 138 valence electrons. The lowest BCUT2D eigenvalue weighted by atomic mass is 10.1. The predicted molar refractivity (Wildman–Crippen MR) is 101 cm³/mol. The van der Waals surface area contributed by atoms with E-state index in [0.29, 0.717) is 46.5 Å². The lowest BCUT2D eigenvalue weighted by Gasteiger charge is -2.12. The van der Waals surface area contributed by atoms with Crippen molar-refractivity contribution >= 4 is 33.4 Å². The maximum atomic E-state index is 12.4. The third kappa shape index (κ3) is 3.83. The van der Waals surface area contributed by atoms with Crippen molar-refractivity contribution in [3.05, 3.63) is 44.9 Å². The molecule has 0 bridgehead atoms. The summed E-state index contributed by atoms with van der Waals surface area (Å²) >= 11 is 9.63. The number of carbonyl (C=O) groups is 1. The highest BCUT2D eigenvalue weighted by Gasteiger charge is 2.20. The Morgan fingerprint density at radius 3 is 2.65 bits per heavy atom. The number of methoxy groups -OCH3 is 2. The molecule has 0 unspecified atom stereocenters. The van der Waals surface area contributed by atoms with Crippen LogP contribution in [-0.4, -0.2) is 33.5 Å². The van der Waals surface area contributed by atoms with Gasteiger partial charge in [-0.1, -0.05) is 27.5 Å². The van der Waals surface area contributed by atoms with Crippen molar-refractivity contribution in [2.75, 3.05) is 27.6 Å². The molecule has 0 spiro atoms. The van der Waals surface area contributed by atoms with Gasteiger partial charge in [0, 0.05) is 16.6 Å². The summed E-state index contributed by atoms with van der Waals surface area (Å²) in [7, 11) is 3.17. The minimum Gasteiger partial charge on any atom is -0.493 e. The van der Waals surface area contributed by atoms with Crippen molar-refractivity contribution in [1.82, 2.24) is 5.32 Å². The minimum atomic E-state index is -0.234. The van der Waals surface area contributed by atoms with Crippen LogP contribution in [0.2, 0.25) is 5.02 Å². The molecule has 1 heterocycles. The molecular formula is C18H17BrClNO5. The zero-order valence-electron chi connectivity index (χ0n) is 14.2. The smallest absolute Gasteiger partial charge is 0.251 e. The topological polar surface area (TPSA) is 66.0 Å². The second kappa shape index (κ2) is 8.05. The van der Waals surface area contributed by atoms with Gasteiger partial charge in [-0.05, 0) is 36.2 Å². The van der Waals surface area contributed by atoms with Gasteiger partial charge in [0.15, 0.2) is 23.0 Å². The first-order valence-corrected chi connectivity index (χ1v) is 8.98. The molecule has 2 aromatic carbocycles. The van der Waals surface area contributed by atoms with Gasteiger partial charge < -0.3 is 24.3 Å². The number of hydrogen-bond acceptors (Lipinski definition) is 5. The number of benzene rings is 2. The Labute approximate surface area is 164 Å². The van der Waals surface area contributed by atoms with Gasteiger partial charge in [0.05, 0.1) is 19.2 Å². The summed E-state index contributed by atoms with van der Waals surface area (Å²) in [5, 5.41) is 3.23. The van der Waals surface area contributed by atoms with Gasteiger partial charge in [-0.25, -0.2) is 0 Å². The highest BCUT2D eigenvalue weighted by molar-refractivity contribution is 9.10. The van der Waals surface area contributed by atoms with E-state index < -0.39 is 0 Å². The van der Waals surface area contributed by atoms with Crippen LogP contribution in [0.15, 0.2) is 28.7 Å². The van der Waals surface area contributed by atoms with E-state index >= 15 is 0 Å². The monoisotopic (exact) mass is 441 g/mol. The molecule has 1 aliphatic rings. The van der Waals surface area contributed by atoms with Gasteiger partial charge in [0.2, 0.25) is 6.79 Å². The summed E-state index contributed by atoms with van der Waals surface area (Å²) in [6, 6.07) is 6.91. The van der Waals surface area contributed by atoms with Crippen LogP contribution in [-0.2, 0) is 6.42 Å². The van der Waals surface area contributed by atoms with Gasteiger partial charge in [-0.2, -0.15) is 0 Å². The van der Waals surface area contributed by atoms with Crippen LogP contribution >= 0.6 is 27.5 Å². The summed E-state index contributed by atoms with van der Waals surface area (Å²) in [6.45, 7) is 0.548. The SMILES string of the molecule is COc1cc(Br)c(CCNC(=O)c2cc(Cl)c3c(c2)OCO3)cc1OC. The molecule has 26 heavy (non-hydrogen) atoms. The molecule has 0 fully saturated rings. The van der Waals surface area contributed by atoms with Gasteiger partial charge >= 0.3 is 0 Å². The van der Waals surface area contributed by atoms with Crippen LogP contribution in [0.4, 0.5) is 0 Å². The van der Waals surface area contributed by atoms with Crippen molar-refractivity contribution < 1.29 is 23.7 Å². The maximum absolute atomic E-state index is 12.4. The highest BCUT2D eigenvalue weighted by atomic mass is 79.9. The van der Waals surface area contributed by atoms with E-state index in [0.717, 1.165) is 10.0 Å². The molecule has 0 radical (unpaired) electrons. The van der Waals surface area contributed by atoms with Crippen molar-refractivity contribution in [2.24, 2.45) is 0 Å². The van der Waals surface area contributed by atoms with Crippen molar-refractivity contribution in [2.45, 2.75) is 6.42 Å². The fourth-order valence-corrected chi connectivity index (χ4v) is 3.38. The molecule has 1 aliphatic heterocycles. The Balaban J connectivity index is 1.65. The van der Waals surface area contributed by atoms with Gasteiger partial charge in [-0.15, -0.1) is 0 Å². The summed E-state index contributed by atoms with van der Waals surface area (Å²) in [6.07, 6.45) is 0.616. The zero-order chi connectivity index (χ0) is 18.7. The first kappa shape index (κ1) is 18.7. The maximum Gasteiger partial charge on any atom is 0.251 e. The number of halogens is 2. The number of rotatable bonds is 6. The average molecular weight is 443 g/mol. The molecular weight excluding hydrogens is 426 g/mol. The molecule has 1 N–H and O–H groups in total. The normalized spacial score (nSPS) is 12.0. The first-order valence-electron chi connectivity index (χ1n) is 7.81. The Morgan fingerprint density at radius 2 is 1.92 bits per heavy atom. The van der Waals surface area contributed by atoms with E-state index in [1.54, 1.807) is 26.4 Å². The summed E-state index contributed by atoms with van der Waals surface area (Å²) in [4.78, 5) is 12.4. The Bertz CT molecular complexity index is 843. The third-order valence-electron chi connectivity index (χ3n) is 3.92. The highest BCUT2D eigenvalue weighted by Crippen LogP contribution is 2.39. The molecule has 0 saturated carbocycles. The largest absolute Gasteiger partial charge is 0.493 e. The zero-order valence-corrected chi connectivity index (χ0v) is 16.6. The number of carbonyl (C=O) groups excluding carboxylic acids is 1. The number of nitrogens with one attached hydrogen (secondary N) is 1. The average Bonchev–Trinajstić information content (AvgIpc) is 3.11. The predicted octanol–water partition coefficient (Wildman–Crippen LogP) is 3.82. The van der Waals surface area contributed by atoms with E-state index in [1.165, 1.54) is 0 Å². The Morgan fingerprint density at radius 1 is 1.19 bits per heavy atom. The molecule has 0 atom stereocenters. The number of amides is 1. The van der Waals surface area contributed by atoms with Gasteiger partial charge in [-0.3, -0.25) is 4.79 Å². The number of hydrogen-bond donors (Lipinski definition) is 1. The van der Waals surface area contributed by atoms with Crippen molar-refractivity contribution in [3.63, 3.8) is 0 Å². The Kier molecular flexibility index (Phi) is 5.78. The fourth-order valence-electron chi connectivity index (χ4n) is 2.60. The van der Waals surface area contributed by atoms with Crippen LogP contribution < -0.4 is 24.3 Å². The van der Waals surface area contributed by atoms with E-state index in [9.17, 15) is 4.79 Å². The van der Waals surface area contributed by atoms with Gasteiger partial charge in [0.25, 0.3) is 5.91 Å². The van der Waals surface area contributed by atoms with Crippen LogP contribution in [0, 0.1) is 0 Å². The lowest BCUT2D eigenvalue weighted by molar-refractivity contribution is 0.0953. The van der Waals surface area contributed by atoms with Crippen LogP contribution in [0.1, 0.15) is 15.9 Å². The molecule has 8 heteroatoms. The second-order valence-electron chi connectivity index (χ2n) is 5.50. The van der Waals surface area contributed by atoms with E-state index in [-0.39, 0.29) is 12.7 Å². The minimum absolute atomic E-state index is 0.105. The van der Waals surface area contributed by atoms with Crippen molar-refractivity contribution in [1.29, 1.82) is 0 Å². The molecule has 0 saturated heterocycles. The molecule has 0 aromatic heterocycles. The third-order valence-corrected chi connectivity index (χ3v) is 4.94. The molecule has 3 rings (SSSR count). The fraction of sp³-hybridized carbons (Fsp3) is 0.278. The van der Waals surface area contributed by atoms with Crippen LogP contribution in [0.5, 0.6) is 23.0 Å². The molecule has 0 aliphatic carbocycles. The molecule has 6 nitrogen and oxygen atoms in total.